The fourth-order valence-corrected chi connectivity index (χ4v) is 2.69. The second-order valence-corrected chi connectivity index (χ2v) is 7.03. The third kappa shape index (κ3) is 4.26. The topological polar surface area (TPSA) is 29.5 Å². The molecule has 1 aromatic carbocycles. The van der Waals surface area contributed by atoms with E-state index in [9.17, 15) is 22.4 Å². The summed E-state index contributed by atoms with van der Waals surface area (Å²) >= 11 is 0. The Bertz CT molecular complexity index is 600. The maximum absolute atomic E-state index is 13.7. The number of hydrogen-bond acceptors (Lipinski definition) is 3. The van der Waals surface area contributed by atoms with Gasteiger partial charge >= 0.3 is 12.1 Å². The van der Waals surface area contributed by atoms with Crippen LogP contribution in [0.3, 0.4) is 0 Å². The maximum atomic E-state index is 13.7. The van der Waals surface area contributed by atoms with E-state index >= 15 is 0 Å². The lowest BCUT2D eigenvalue weighted by Crippen LogP contribution is -2.38. The van der Waals surface area contributed by atoms with Crippen LogP contribution in [0.2, 0.25) is 0 Å². The lowest BCUT2D eigenvalue weighted by atomic mass is 9.86. The minimum atomic E-state index is -4.73. The van der Waals surface area contributed by atoms with Gasteiger partial charge < -0.3 is 4.84 Å². The van der Waals surface area contributed by atoms with Crippen molar-refractivity contribution in [1.82, 2.24) is 5.06 Å². The molecule has 0 unspecified atom stereocenters. The first-order chi connectivity index (χ1) is 11.0. The standard InChI is InChI=1S/C17H21F4NO2/c1-16(2,3)15(23)24-22-9-7-11(8-10-22)12-5-4-6-13(18)14(12)17(19,20)21/h4-6,11H,7-10H2,1-3H3. The SMILES string of the molecule is CC(C)(C)C(=O)ON1CCC(c2cccc(F)c2C(F)(F)F)CC1. The van der Waals surface area contributed by atoms with Crippen molar-refractivity contribution in [3.63, 3.8) is 0 Å². The van der Waals surface area contributed by atoms with E-state index in [0.717, 1.165) is 6.07 Å². The third-order valence-corrected chi connectivity index (χ3v) is 4.05. The van der Waals surface area contributed by atoms with Crippen molar-refractivity contribution in [3.8, 4) is 0 Å². The van der Waals surface area contributed by atoms with E-state index < -0.39 is 28.9 Å². The Labute approximate surface area is 138 Å². The zero-order valence-electron chi connectivity index (χ0n) is 13.9. The zero-order chi connectivity index (χ0) is 18.1. The first-order valence-corrected chi connectivity index (χ1v) is 7.83. The lowest BCUT2D eigenvalue weighted by molar-refractivity contribution is -0.204. The van der Waals surface area contributed by atoms with E-state index in [4.69, 9.17) is 4.84 Å². The average Bonchev–Trinajstić information content (AvgIpc) is 2.45. The molecule has 0 aromatic heterocycles. The Morgan fingerprint density at radius 2 is 1.75 bits per heavy atom. The van der Waals surface area contributed by atoms with Crippen LogP contribution in [0.4, 0.5) is 17.6 Å². The normalized spacial score (nSPS) is 17.8. The van der Waals surface area contributed by atoms with Crippen LogP contribution in [0, 0.1) is 11.2 Å². The predicted octanol–water partition coefficient (Wildman–Crippen LogP) is 4.53. The van der Waals surface area contributed by atoms with Gasteiger partial charge in [-0.1, -0.05) is 12.1 Å². The molecule has 24 heavy (non-hydrogen) atoms. The average molecular weight is 347 g/mol. The first-order valence-electron chi connectivity index (χ1n) is 7.83. The quantitative estimate of drug-likeness (QED) is 0.736. The molecule has 1 saturated heterocycles. The van der Waals surface area contributed by atoms with Crippen molar-refractivity contribution >= 4 is 5.97 Å². The van der Waals surface area contributed by atoms with Crippen LogP contribution >= 0.6 is 0 Å². The van der Waals surface area contributed by atoms with E-state index in [1.165, 1.54) is 17.2 Å². The second-order valence-electron chi connectivity index (χ2n) is 7.03. The molecule has 0 saturated carbocycles. The number of piperidine rings is 1. The summed E-state index contributed by atoms with van der Waals surface area (Å²) in [6.07, 6.45) is -4.00. The van der Waals surface area contributed by atoms with Gasteiger partial charge in [0.2, 0.25) is 0 Å². The van der Waals surface area contributed by atoms with E-state index in [0.29, 0.717) is 25.9 Å². The molecule has 7 heteroatoms. The molecule has 0 N–H and O–H groups in total. The number of carbonyl (C=O) groups excluding carboxylic acids is 1. The number of rotatable bonds is 2. The highest BCUT2D eigenvalue weighted by Gasteiger charge is 2.39. The van der Waals surface area contributed by atoms with Crippen LogP contribution in [-0.2, 0) is 15.8 Å². The zero-order valence-corrected chi connectivity index (χ0v) is 13.9. The molecule has 0 spiro atoms. The van der Waals surface area contributed by atoms with Gasteiger partial charge in [-0.2, -0.15) is 13.2 Å². The molecule has 1 aromatic rings. The Kier molecular flexibility index (Phi) is 5.22. The largest absolute Gasteiger partial charge is 0.419 e. The number of nitrogens with zero attached hydrogens (tertiary/aromatic N) is 1. The molecule has 0 bridgehead atoms. The summed E-state index contributed by atoms with van der Waals surface area (Å²) in [5.74, 6) is -2.05. The Morgan fingerprint density at radius 1 is 1.17 bits per heavy atom. The number of hydroxylamine groups is 2. The molecule has 0 aliphatic carbocycles. The van der Waals surface area contributed by atoms with Crippen molar-refractivity contribution < 1.29 is 27.2 Å². The van der Waals surface area contributed by atoms with Gasteiger partial charge in [0.15, 0.2) is 0 Å². The van der Waals surface area contributed by atoms with Gasteiger partial charge in [-0.25, -0.2) is 9.18 Å². The van der Waals surface area contributed by atoms with Crippen LogP contribution in [0.1, 0.15) is 50.7 Å². The monoisotopic (exact) mass is 347 g/mol. The summed E-state index contributed by atoms with van der Waals surface area (Å²) in [5.41, 5.74) is -1.86. The highest BCUT2D eigenvalue weighted by molar-refractivity contribution is 5.75. The van der Waals surface area contributed by atoms with E-state index in [1.807, 2.05) is 0 Å². The number of alkyl halides is 3. The lowest BCUT2D eigenvalue weighted by Gasteiger charge is -2.33. The molecule has 0 radical (unpaired) electrons. The van der Waals surface area contributed by atoms with Gasteiger partial charge in [0.05, 0.1) is 11.0 Å². The van der Waals surface area contributed by atoms with Gasteiger partial charge in [0, 0.05) is 13.1 Å². The number of halogens is 4. The molecule has 0 amide bonds. The highest BCUT2D eigenvalue weighted by atomic mass is 19.4. The molecule has 3 nitrogen and oxygen atoms in total. The molecule has 1 aliphatic rings. The summed E-state index contributed by atoms with van der Waals surface area (Å²) in [4.78, 5) is 17.1. The van der Waals surface area contributed by atoms with Crippen molar-refractivity contribution in [1.29, 1.82) is 0 Å². The molecule has 1 fully saturated rings. The molecule has 134 valence electrons. The van der Waals surface area contributed by atoms with E-state index in [-0.39, 0.29) is 11.5 Å². The minimum absolute atomic E-state index is 0.0238. The Hall–Kier alpha value is -1.63. The maximum Gasteiger partial charge on any atom is 0.419 e. The summed E-state index contributed by atoms with van der Waals surface area (Å²) in [7, 11) is 0. The molecule has 0 atom stereocenters. The van der Waals surface area contributed by atoms with Gasteiger partial charge in [0.1, 0.15) is 5.82 Å². The summed E-state index contributed by atoms with van der Waals surface area (Å²) in [6, 6.07) is 3.45. The van der Waals surface area contributed by atoms with Crippen molar-refractivity contribution in [2.45, 2.75) is 45.7 Å². The van der Waals surface area contributed by atoms with Crippen LogP contribution < -0.4 is 0 Å². The minimum Gasteiger partial charge on any atom is -0.367 e. The smallest absolute Gasteiger partial charge is 0.367 e. The van der Waals surface area contributed by atoms with E-state index in [1.54, 1.807) is 20.8 Å². The molecule has 1 heterocycles. The van der Waals surface area contributed by atoms with Crippen LogP contribution in [0.15, 0.2) is 18.2 Å². The number of benzene rings is 1. The molecule has 1 aliphatic heterocycles. The Morgan fingerprint density at radius 3 is 2.25 bits per heavy atom. The van der Waals surface area contributed by atoms with Crippen molar-refractivity contribution in [2.24, 2.45) is 5.41 Å². The van der Waals surface area contributed by atoms with Crippen molar-refractivity contribution in [2.75, 3.05) is 13.1 Å². The summed E-state index contributed by atoms with van der Waals surface area (Å²) in [6.45, 7) is 5.82. The van der Waals surface area contributed by atoms with E-state index in [2.05, 4.69) is 0 Å². The number of carbonyl (C=O) groups is 1. The van der Waals surface area contributed by atoms with Crippen molar-refractivity contribution in [3.05, 3.63) is 35.1 Å². The van der Waals surface area contributed by atoms with Gasteiger partial charge in [-0.15, -0.1) is 5.06 Å². The van der Waals surface area contributed by atoms with Crippen LogP contribution in [-0.4, -0.2) is 24.1 Å². The van der Waals surface area contributed by atoms with Gasteiger partial charge in [0.25, 0.3) is 0 Å². The van der Waals surface area contributed by atoms with Gasteiger partial charge in [-0.05, 0) is 51.2 Å². The van der Waals surface area contributed by atoms with Crippen LogP contribution in [0.5, 0.6) is 0 Å². The Balaban J connectivity index is 2.09. The first kappa shape index (κ1) is 18.7. The molecular weight excluding hydrogens is 326 g/mol. The fourth-order valence-electron chi connectivity index (χ4n) is 2.69. The molecular formula is C17H21F4NO2. The summed E-state index contributed by atoms with van der Waals surface area (Å²) < 4.78 is 53.1. The fraction of sp³-hybridized carbons (Fsp3) is 0.588. The second kappa shape index (κ2) is 6.70. The predicted molar refractivity (Wildman–Crippen MR) is 80.5 cm³/mol. The summed E-state index contributed by atoms with van der Waals surface area (Å²) in [5, 5.41) is 1.47. The highest BCUT2D eigenvalue weighted by Crippen LogP contribution is 2.40. The third-order valence-electron chi connectivity index (χ3n) is 4.05. The van der Waals surface area contributed by atoms with Gasteiger partial charge in [-0.3, -0.25) is 0 Å². The molecule has 2 rings (SSSR count). The number of hydrogen-bond donors (Lipinski definition) is 0. The van der Waals surface area contributed by atoms with Crippen LogP contribution in [0.25, 0.3) is 0 Å².